The summed E-state index contributed by atoms with van der Waals surface area (Å²) < 4.78 is 23.2. The Kier molecular flexibility index (Phi) is 5.73. The summed E-state index contributed by atoms with van der Waals surface area (Å²) in [6.07, 6.45) is 3.09. The van der Waals surface area contributed by atoms with Crippen molar-refractivity contribution in [3.8, 4) is 0 Å². The smallest absolute Gasteiger partial charge is 0.223 e. The van der Waals surface area contributed by atoms with Gasteiger partial charge in [0.25, 0.3) is 0 Å². The normalized spacial score (nSPS) is 24.2. The molecule has 7 heteroatoms. The summed E-state index contributed by atoms with van der Waals surface area (Å²) in [7, 11) is -3.16. The van der Waals surface area contributed by atoms with Gasteiger partial charge in [-0.3, -0.25) is 4.79 Å². The predicted molar refractivity (Wildman–Crippen MR) is 86.4 cm³/mol. The van der Waals surface area contributed by atoms with E-state index >= 15 is 0 Å². The van der Waals surface area contributed by atoms with Crippen LogP contribution >= 0.6 is 12.4 Å². The van der Waals surface area contributed by atoms with Gasteiger partial charge in [0.05, 0.1) is 10.5 Å². The number of sulfone groups is 1. The number of carbonyl (C=O) groups excluding carboxylic acids is 1. The highest BCUT2D eigenvalue weighted by Gasteiger charge is 2.57. The van der Waals surface area contributed by atoms with E-state index in [0.29, 0.717) is 0 Å². The molecule has 0 aromatic carbocycles. The van der Waals surface area contributed by atoms with E-state index in [4.69, 9.17) is 0 Å². The van der Waals surface area contributed by atoms with Gasteiger partial charge in [-0.25, -0.2) is 8.42 Å². The Hall–Kier alpha value is -0.330. The Morgan fingerprint density at radius 1 is 1.29 bits per heavy atom. The van der Waals surface area contributed by atoms with Gasteiger partial charge in [0, 0.05) is 12.5 Å². The second kappa shape index (κ2) is 6.42. The molecule has 1 atom stereocenters. The van der Waals surface area contributed by atoms with Crippen LogP contribution < -0.4 is 10.6 Å². The Balaban J connectivity index is 0.00000220. The SMILES string of the molecule is CC(C)(C)S(=O)(=O)CCNC(=O)C1CC12CCNCC2.Cl. The minimum Gasteiger partial charge on any atom is -0.355 e. The molecule has 2 aliphatic rings. The Morgan fingerprint density at radius 2 is 1.86 bits per heavy atom. The van der Waals surface area contributed by atoms with Crippen LogP contribution in [-0.4, -0.2) is 44.5 Å². The lowest BCUT2D eigenvalue weighted by molar-refractivity contribution is -0.123. The molecule has 1 unspecified atom stereocenters. The predicted octanol–water partition coefficient (Wildman–Crippen LogP) is 1.13. The van der Waals surface area contributed by atoms with Crippen molar-refractivity contribution in [2.75, 3.05) is 25.4 Å². The number of halogens is 1. The maximum absolute atomic E-state index is 12.1. The zero-order valence-corrected chi connectivity index (χ0v) is 14.7. The van der Waals surface area contributed by atoms with E-state index in [2.05, 4.69) is 10.6 Å². The van der Waals surface area contributed by atoms with Crippen LogP contribution in [-0.2, 0) is 14.6 Å². The average molecular weight is 339 g/mol. The third-order valence-electron chi connectivity index (χ3n) is 4.71. The van der Waals surface area contributed by atoms with Crippen LogP contribution in [0.1, 0.15) is 40.0 Å². The van der Waals surface area contributed by atoms with Gasteiger partial charge in [0.2, 0.25) is 5.91 Å². The maximum Gasteiger partial charge on any atom is 0.223 e. The number of rotatable bonds is 4. The molecule has 1 aliphatic carbocycles. The summed E-state index contributed by atoms with van der Waals surface area (Å²) in [6.45, 7) is 7.27. The molecule has 0 radical (unpaired) electrons. The fraction of sp³-hybridized carbons (Fsp3) is 0.929. The molecule has 1 saturated carbocycles. The zero-order chi connectivity index (χ0) is 15.0. The monoisotopic (exact) mass is 338 g/mol. The summed E-state index contributed by atoms with van der Waals surface area (Å²) in [5.74, 6) is 0.154. The summed E-state index contributed by atoms with van der Waals surface area (Å²) in [6, 6.07) is 0. The standard InChI is InChI=1S/C14H26N2O3S.ClH/c1-13(2,3)20(18,19)9-8-16-12(17)11-10-14(11)4-6-15-7-5-14;/h11,15H,4-10H2,1-3H3,(H,16,17);1H. The van der Waals surface area contributed by atoms with Gasteiger partial charge in [-0.2, -0.15) is 0 Å². The van der Waals surface area contributed by atoms with E-state index in [1.54, 1.807) is 20.8 Å². The second-order valence-electron chi connectivity index (χ2n) is 7.09. The van der Waals surface area contributed by atoms with Crippen LogP contribution in [0.15, 0.2) is 0 Å². The van der Waals surface area contributed by atoms with Crippen molar-refractivity contribution in [1.29, 1.82) is 0 Å². The van der Waals surface area contributed by atoms with Gasteiger partial charge in [-0.15, -0.1) is 12.4 Å². The van der Waals surface area contributed by atoms with Crippen molar-refractivity contribution in [2.24, 2.45) is 11.3 Å². The summed E-state index contributed by atoms with van der Waals surface area (Å²) in [5, 5.41) is 6.11. The molecule has 1 amide bonds. The molecular formula is C14H27ClN2O3S. The number of piperidine rings is 1. The van der Waals surface area contributed by atoms with Gasteiger partial charge in [0.1, 0.15) is 0 Å². The third-order valence-corrected chi connectivity index (χ3v) is 7.32. The first-order valence-electron chi connectivity index (χ1n) is 7.39. The molecule has 2 rings (SSSR count). The highest BCUT2D eigenvalue weighted by molar-refractivity contribution is 7.92. The van der Waals surface area contributed by atoms with Crippen LogP contribution in [0, 0.1) is 11.3 Å². The summed E-state index contributed by atoms with van der Waals surface area (Å²) in [4.78, 5) is 12.1. The van der Waals surface area contributed by atoms with E-state index in [9.17, 15) is 13.2 Å². The number of nitrogens with one attached hydrogen (secondary N) is 2. The lowest BCUT2D eigenvalue weighted by Gasteiger charge is -2.23. The molecule has 21 heavy (non-hydrogen) atoms. The Morgan fingerprint density at radius 3 is 2.38 bits per heavy atom. The van der Waals surface area contributed by atoms with Gasteiger partial charge in [-0.1, -0.05) is 0 Å². The van der Waals surface area contributed by atoms with Crippen molar-refractivity contribution in [2.45, 2.75) is 44.8 Å². The lowest BCUT2D eigenvalue weighted by atomic mass is 9.92. The van der Waals surface area contributed by atoms with Crippen LogP contribution in [0.5, 0.6) is 0 Å². The largest absolute Gasteiger partial charge is 0.355 e. The van der Waals surface area contributed by atoms with Crippen molar-refractivity contribution >= 4 is 28.2 Å². The van der Waals surface area contributed by atoms with E-state index in [1.165, 1.54) is 0 Å². The second-order valence-corrected chi connectivity index (χ2v) is 9.95. The first kappa shape index (κ1) is 18.7. The van der Waals surface area contributed by atoms with E-state index in [0.717, 1.165) is 32.4 Å². The fourth-order valence-corrected chi connectivity index (χ4v) is 3.92. The molecule has 0 aromatic heterocycles. The van der Waals surface area contributed by atoms with Gasteiger partial charge in [0.15, 0.2) is 9.84 Å². The molecule has 0 bridgehead atoms. The molecule has 2 fully saturated rings. The average Bonchev–Trinajstić information content (AvgIpc) is 3.02. The topological polar surface area (TPSA) is 75.3 Å². The first-order valence-corrected chi connectivity index (χ1v) is 9.04. The third kappa shape index (κ3) is 4.11. The molecule has 0 aromatic rings. The van der Waals surface area contributed by atoms with E-state index in [-0.39, 0.29) is 41.9 Å². The highest BCUT2D eigenvalue weighted by atomic mass is 35.5. The summed E-state index contributed by atoms with van der Waals surface area (Å²) >= 11 is 0. The first-order chi connectivity index (χ1) is 9.18. The minimum atomic E-state index is -3.16. The quantitative estimate of drug-likeness (QED) is 0.805. The van der Waals surface area contributed by atoms with Crippen LogP contribution in [0.3, 0.4) is 0 Å². The van der Waals surface area contributed by atoms with Crippen molar-refractivity contribution in [3.63, 3.8) is 0 Å². The number of amides is 1. The fourth-order valence-electron chi connectivity index (χ4n) is 2.93. The van der Waals surface area contributed by atoms with Crippen LogP contribution in [0.25, 0.3) is 0 Å². The molecule has 5 nitrogen and oxygen atoms in total. The van der Waals surface area contributed by atoms with E-state index in [1.807, 2.05) is 0 Å². The van der Waals surface area contributed by atoms with Crippen molar-refractivity contribution in [3.05, 3.63) is 0 Å². The van der Waals surface area contributed by atoms with Crippen molar-refractivity contribution in [1.82, 2.24) is 10.6 Å². The van der Waals surface area contributed by atoms with Gasteiger partial charge < -0.3 is 10.6 Å². The zero-order valence-electron chi connectivity index (χ0n) is 13.1. The van der Waals surface area contributed by atoms with E-state index < -0.39 is 14.6 Å². The molecule has 2 N–H and O–H groups in total. The van der Waals surface area contributed by atoms with Gasteiger partial charge >= 0.3 is 0 Å². The number of carbonyl (C=O) groups is 1. The Bertz CT molecular complexity index is 479. The van der Waals surface area contributed by atoms with Crippen LogP contribution in [0.2, 0.25) is 0 Å². The Labute approximate surface area is 134 Å². The molecule has 1 spiro atoms. The van der Waals surface area contributed by atoms with Gasteiger partial charge in [-0.05, 0) is 58.5 Å². The highest BCUT2D eigenvalue weighted by Crippen LogP contribution is 2.58. The maximum atomic E-state index is 12.1. The molecule has 1 heterocycles. The lowest BCUT2D eigenvalue weighted by Crippen LogP contribution is -2.38. The summed E-state index contributed by atoms with van der Waals surface area (Å²) in [5.41, 5.74) is 0.207. The minimum absolute atomic E-state index is 0. The molecule has 1 saturated heterocycles. The molecular weight excluding hydrogens is 312 g/mol. The molecule has 1 aliphatic heterocycles. The number of hydrogen-bond acceptors (Lipinski definition) is 4. The van der Waals surface area contributed by atoms with Crippen LogP contribution in [0.4, 0.5) is 0 Å². The molecule has 124 valence electrons. The number of hydrogen-bond donors (Lipinski definition) is 2. The van der Waals surface area contributed by atoms with Crippen molar-refractivity contribution < 1.29 is 13.2 Å².